The van der Waals surface area contributed by atoms with Gasteiger partial charge in [0.15, 0.2) is 0 Å². The van der Waals surface area contributed by atoms with E-state index < -0.39 is 0 Å². The third-order valence-electron chi connectivity index (χ3n) is 10.8. The molecule has 1 nitrogen and oxygen atoms in total. The maximum atomic E-state index is 2.49. The number of rotatable bonds is 5. The van der Waals surface area contributed by atoms with Gasteiger partial charge in [0.1, 0.15) is 0 Å². The molecule has 230 valence electrons. The molecule has 48 heavy (non-hydrogen) atoms. The van der Waals surface area contributed by atoms with Gasteiger partial charge in [-0.25, -0.2) is 0 Å². The van der Waals surface area contributed by atoms with Crippen LogP contribution in [0.4, 0.5) is 11.4 Å². The van der Waals surface area contributed by atoms with Crippen LogP contribution < -0.4 is 4.90 Å². The molecule has 0 N–H and O–H groups in total. The Bertz CT molecular complexity index is 2390. The average molecular weight is 616 g/mol. The molecular formula is C47H37N. The van der Waals surface area contributed by atoms with Gasteiger partial charge in [-0.1, -0.05) is 153 Å². The average Bonchev–Trinajstić information content (AvgIpc) is 3.38. The normalized spacial score (nSPS) is 16.2. The zero-order valence-electron chi connectivity index (χ0n) is 27.4. The lowest BCUT2D eigenvalue weighted by atomic mass is 9.74. The summed E-state index contributed by atoms with van der Waals surface area (Å²) in [6.45, 7) is 4.84. The smallest absolute Gasteiger partial charge is 0.0464 e. The van der Waals surface area contributed by atoms with Crippen LogP contribution in [0.2, 0.25) is 0 Å². The lowest BCUT2D eigenvalue weighted by molar-refractivity contribution is 0.406. The monoisotopic (exact) mass is 615 g/mol. The molecule has 0 bridgehead atoms. The van der Waals surface area contributed by atoms with Crippen molar-refractivity contribution in [3.8, 4) is 22.3 Å². The summed E-state index contributed by atoms with van der Waals surface area (Å²) in [6, 6.07) is 57.8. The summed E-state index contributed by atoms with van der Waals surface area (Å²) in [5.41, 5.74) is 13.0. The lowest BCUT2D eigenvalue weighted by Crippen LogP contribution is -2.28. The number of fused-ring (bicyclic) bond motifs is 6. The molecule has 0 saturated heterocycles. The first-order valence-corrected chi connectivity index (χ1v) is 17.0. The lowest BCUT2D eigenvalue weighted by Gasteiger charge is -2.36. The summed E-state index contributed by atoms with van der Waals surface area (Å²) in [7, 11) is 0. The van der Waals surface area contributed by atoms with Crippen LogP contribution >= 0.6 is 0 Å². The van der Waals surface area contributed by atoms with Gasteiger partial charge >= 0.3 is 0 Å². The van der Waals surface area contributed by atoms with Crippen molar-refractivity contribution >= 4 is 38.5 Å². The molecule has 0 aliphatic heterocycles. The summed E-state index contributed by atoms with van der Waals surface area (Å²) in [4.78, 5) is 2.49. The Morgan fingerprint density at radius 3 is 2.06 bits per heavy atom. The number of benzene rings is 7. The van der Waals surface area contributed by atoms with E-state index in [1.165, 1.54) is 77.6 Å². The van der Waals surface area contributed by atoms with Crippen LogP contribution in [0.25, 0.3) is 49.4 Å². The predicted molar refractivity (Wildman–Crippen MR) is 205 cm³/mol. The zero-order valence-corrected chi connectivity index (χ0v) is 27.4. The number of hydrogen-bond acceptors (Lipinski definition) is 1. The van der Waals surface area contributed by atoms with Crippen LogP contribution in [0.3, 0.4) is 0 Å². The fourth-order valence-corrected chi connectivity index (χ4v) is 8.29. The second kappa shape index (κ2) is 11.2. The van der Waals surface area contributed by atoms with Crippen molar-refractivity contribution in [3.05, 3.63) is 187 Å². The Morgan fingerprint density at radius 1 is 0.521 bits per heavy atom. The van der Waals surface area contributed by atoms with E-state index in [1.807, 2.05) is 0 Å². The van der Waals surface area contributed by atoms with E-state index in [4.69, 9.17) is 0 Å². The number of nitrogens with zero attached hydrogens (tertiary/aromatic N) is 1. The van der Waals surface area contributed by atoms with Crippen molar-refractivity contribution in [2.75, 3.05) is 4.90 Å². The van der Waals surface area contributed by atoms with Crippen LogP contribution in [0, 0.1) is 5.92 Å². The summed E-state index contributed by atoms with van der Waals surface area (Å²) in [5.74, 6) is 0.411. The van der Waals surface area contributed by atoms with Gasteiger partial charge in [-0.3, -0.25) is 0 Å². The fourth-order valence-electron chi connectivity index (χ4n) is 8.29. The zero-order chi connectivity index (χ0) is 32.2. The summed E-state index contributed by atoms with van der Waals surface area (Å²) >= 11 is 0. The SMILES string of the molecule is CC1(C)c2ccccc2C2=CC=C(N(c3ccc(-c4ccccc4)cc3)c3cccc(-c4cccc5ccc6ccccc6c45)c3)CC21. The molecule has 7 aromatic carbocycles. The molecule has 0 aromatic heterocycles. The highest BCUT2D eigenvalue weighted by atomic mass is 15.1. The minimum Gasteiger partial charge on any atom is -0.314 e. The molecule has 0 amide bonds. The molecule has 2 aliphatic rings. The molecule has 1 heteroatoms. The first kappa shape index (κ1) is 28.6. The highest BCUT2D eigenvalue weighted by molar-refractivity contribution is 6.14. The third-order valence-corrected chi connectivity index (χ3v) is 10.8. The largest absolute Gasteiger partial charge is 0.314 e. The molecular weight excluding hydrogens is 579 g/mol. The summed E-state index contributed by atoms with van der Waals surface area (Å²) in [6.07, 6.45) is 5.73. The van der Waals surface area contributed by atoms with Crippen LogP contribution in [-0.4, -0.2) is 0 Å². The van der Waals surface area contributed by atoms with Gasteiger partial charge in [-0.05, 0) is 109 Å². The van der Waals surface area contributed by atoms with E-state index >= 15 is 0 Å². The van der Waals surface area contributed by atoms with E-state index in [1.54, 1.807) is 0 Å². The third kappa shape index (κ3) is 4.61. The molecule has 0 spiro atoms. The Morgan fingerprint density at radius 2 is 1.19 bits per heavy atom. The van der Waals surface area contributed by atoms with Crippen LogP contribution in [0.1, 0.15) is 31.4 Å². The van der Waals surface area contributed by atoms with Crippen molar-refractivity contribution in [2.24, 2.45) is 5.92 Å². The molecule has 0 radical (unpaired) electrons. The van der Waals surface area contributed by atoms with Gasteiger partial charge in [0.05, 0.1) is 0 Å². The fraction of sp³-hybridized carbons (Fsp3) is 0.106. The standard InChI is InChI=1S/C47H37N/c1-47(2)44-21-9-8-19-42(44)43-29-28-39(31-45(43)47)48(37-26-24-33(25-27-37)32-12-4-3-5-13-32)38-17-10-16-36(30-38)41-20-11-15-35-23-22-34-14-6-7-18-40(34)46(35)41/h3-30,45H,31H2,1-2H3. The number of anilines is 2. The predicted octanol–water partition coefficient (Wildman–Crippen LogP) is 12.7. The number of allylic oxidation sites excluding steroid dienone is 4. The molecule has 1 unspecified atom stereocenters. The van der Waals surface area contributed by atoms with Gasteiger partial charge < -0.3 is 4.90 Å². The minimum atomic E-state index is 0.0522. The maximum Gasteiger partial charge on any atom is 0.0464 e. The molecule has 0 heterocycles. The molecule has 0 fully saturated rings. The Hall–Kier alpha value is -5.66. The highest BCUT2D eigenvalue weighted by Gasteiger charge is 2.44. The van der Waals surface area contributed by atoms with Crippen molar-refractivity contribution in [2.45, 2.75) is 25.7 Å². The Labute approximate surface area is 283 Å². The quantitative estimate of drug-likeness (QED) is 0.174. The van der Waals surface area contributed by atoms with E-state index in [-0.39, 0.29) is 5.41 Å². The van der Waals surface area contributed by atoms with Crippen molar-refractivity contribution in [3.63, 3.8) is 0 Å². The second-order valence-electron chi connectivity index (χ2n) is 13.8. The van der Waals surface area contributed by atoms with E-state index in [0.717, 1.165) is 6.42 Å². The van der Waals surface area contributed by atoms with Gasteiger partial charge in [-0.15, -0.1) is 0 Å². The second-order valence-corrected chi connectivity index (χ2v) is 13.8. The minimum absolute atomic E-state index is 0.0522. The Kier molecular flexibility index (Phi) is 6.69. The van der Waals surface area contributed by atoms with Crippen molar-refractivity contribution in [1.82, 2.24) is 0 Å². The maximum absolute atomic E-state index is 2.49. The van der Waals surface area contributed by atoms with Gasteiger partial charge in [0.2, 0.25) is 0 Å². The first-order valence-electron chi connectivity index (χ1n) is 17.0. The topological polar surface area (TPSA) is 3.24 Å². The van der Waals surface area contributed by atoms with Gasteiger partial charge in [0, 0.05) is 17.1 Å². The van der Waals surface area contributed by atoms with Gasteiger partial charge in [0.25, 0.3) is 0 Å². The highest BCUT2D eigenvalue weighted by Crippen LogP contribution is 2.54. The van der Waals surface area contributed by atoms with Gasteiger partial charge in [-0.2, -0.15) is 0 Å². The molecule has 2 aliphatic carbocycles. The number of hydrogen-bond donors (Lipinski definition) is 0. The molecule has 9 rings (SSSR count). The van der Waals surface area contributed by atoms with E-state index in [2.05, 4.69) is 189 Å². The van der Waals surface area contributed by atoms with Crippen molar-refractivity contribution in [1.29, 1.82) is 0 Å². The molecule has 1 atom stereocenters. The van der Waals surface area contributed by atoms with Crippen molar-refractivity contribution < 1.29 is 0 Å². The van der Waals surface area contributed by atoms with E-state index in [9.17, 15) is 0 Å². The van der Waals surface area contributed by atoms with E-state index in [0.29, 0.717) is 5.92 Å². The Balaban J connectivity index is 1.20. The molecule has 7 aromatic rings. The van der Waals surface area contributed by atoms with Crippen LogP contribution in [0.15, 0.2) is 176 Å². The molecule has 0 saturated carbocycles. The first-order chi connectivity index (χ1) is 23.6. The van der Waals surface area contributed by atoms with Crippen LogP contribution in [-0.2, 0) is 5.41 Å². The summed E-state index contributed by atoms with van der Waals surface area (Å²) < 4.78 is 0. The summed E-state index contributed by atoms with van der Waals surface area (Å²) in [5, 5.41) is 5.13. The van der Waals surface area contributed by atoms with Crippen LogP contribution in [0.5, 0.6) is 0 Å².